The van der Waals surface area contributed by atoms with Gasteiger partial charge in [-0.3, -0.25) is 9.59 Å². The molecule has 82 valence electrons. The number of rotatable bonds is 5. The van der Waals surface area contributed by atoms with E-state index in [-0.39, 0.29) is 11.7 Å². The van der Waals surface area contributed by atoms with Gasteiger partial charge in [0.2, 0.25) is 5.91 Å². The van der Waals surface area contributed by atoms with E-state index in [9.17, 15) is 9.59 Å². The van der Waals surface area contributed by atoms with Crippen LogP contribution in [0, 0.1) is 0 Å². The molecule has 0 aliphatic heterocycles. The molecular weight excluding hydrogens is 214 g/mol. The fourth-order valence-corrected chi connectivity index (χ4v) is 1.64. The molecule has 0 unspecified atom stereocenters. The average Bonchev–Trinajstić information content (AvgIpc) is 2.63. The topological polar surface area (TPSA) is 71.1 Å². The lowest BCUT2D eigenvalue weighted by Gasteiger charge is -1.99. The first-order valence-corrected chi connectivity index (χ1v) is 5.36. The van der Waals surface area contributed by atoms with Crippen molar-refractivity contribution in [3.8, 4) is 0 Å². The Morgan fingerprint density at radius 2 is 2.27 bits per heavy atom. The molecule has 2 N–H and O–H groups in total. The highest BCUT2D eigenvalue weighted by molar-refractivity contribution is 7.17. The monoisotopic (exact) mass is 227 g/mol. The molecule has 0 aliphatic carbocycles. The van der Waals surface area contributed by atoms with Gasteiger partial charge in [0.15, 0.2) is 10.9 Å². The minimum absolute atomic E-state index is 0.0387. The van der Waals surface area contributed by atoms with Crippen LogP contribution < -0.4 is 10.6 Å². The Kier molecular flexibility index (Phi) is 4.38. The molecule has 0 spiro atoms. The third-order valence-electron chi connectivity index (χ3n) is 1.70. The van der Waals surface area contributed by atoms with Crippen molar-refractivity contribution in [1.29, 1.82) is 0 Å². The van der Waals surface area contributed by atoms with Gasteiger partial charge in [0, 0.05) is 19.9 Å². The molecule has 1 aromatic heterocycles. The summed E-state index contributed by atoms with van der Waals surface area (Å²) in [7, 11) is 1.78. The standard InChI is InChI=1S/C9H13N3O2S/c1-6(13)7-5-11-9(15-7)12-8(14)3-4-10-2/h5,10H,3-4H2,1-2H3,(H,11,12,14). The predicted octanol–water partition coefficient (Wildman–Crippen LogP) is 0.894. The molecule has 0 bridgehead atoms. The molecule has 0 aliphatic rings. The van der Waals surface area contributed by atoms with Crippen molar-refractivity contribution < 1.29 is 9.59 Å². The number of hydrogen-bond donors (Lipinski definition) is 2. The Labute approximate surface area is 91.9 Å². The van der Waals surface area contributed by atoms with Crippen LogP contribution in [-0.4, -0.2) is 30.3 Å². The van der Waals surface area contributed by atoms with E-state index < -0.39 is 0 Å². The van der Waals surface area contributed by atoms with Gasteiger partial charge in [0.25, 0.3) is 0 Å². The molecule has 0 saturated carbocycles. The van der Waals surface area contributed by atoms with Crippen molar-refractivity contribution in [2.75, 3.05) is 18.9 Å². The lowest BCUT2D eigenvalue weighted by atomic mass is 10.4. The molecule has 15 heavy (non-hydrogen) atoms. The number of aromatic nitrogens is 1. The minimum Gasteiger partial charge on any atom is -0.319 e. The van der Waals surface area contributed by atoms with Gasteiger partial charge in [-0.05, 0) is 7.05 Å². The molecule has 0 radical (unpaired) electrons. The molecule has 0 saturated heterocycles. The number of carbonyl (C=O) groups excluding carboxylic acids is 2. The van der Waals surface area contributed by atoms with Crippen LogP contribution in [0.25, 0.3) is 0 Å². The third-order valence-corrected chi connectivity index (χ3v) is 2.71. The summed E-state index contributed by atoms with van der Waals surface area (Å²) in [6.45, 7) is 2.09. The molecule has 6 heteroatoms. The SMILES string of the molecule is CNCCC(=O)Nc1ncc(C(C)=O)s1. The first kappa shape index (κ1) is 11.8. The summed E-state index contributed by atoms with van der Waals surface area (Å²) < 4.78 is 0. The van der Waals surface area contributed by atoms with Gasteiger partial charge in [-0.2, -0.15) is 0 Å². The van der Waals surface area contributed by atoms with Gasteiger partial charge in [-0.25, -0.2) is 4.98 Å². The maximum atomic E-state index is 11.3. The Hall–Kier alpha value is -1.27. The number of Topliss-reactive ketones (excluding diaryl/α,β-unsaturated/α-hetero) is 1. The van der Waals surface area contributed by atoms with Gasteiger partial charge < -0.3 is 10.6 Å². The highest BCUT2D eigenvalue weighted by atomic mass is 32.1. The van der Waals surface area contributed by atoms with Crippen LogP contribution in [0.3, 0.4) is 0 Å². The van der Waals surface area contributed by atoms with Crippen molar-refractivity contribution in [2.24, 2.45) is 0 Å². The largest absolute Gasteiger partial charge is 0.319 e. The second-order valence-electron chi connectivity index (χ2n) is 2.99. The normalized spacial score (nSPS) is 10.0. The Morgan fingerprint density at radius 3 is 2.80 bits per heavy atom. The summed E-state index contributed by atoms with van der Waals surface area (Å²) in [6.07, 6.45) is 1.87. The van der Waals surface area contributed by atoms with Crippen molar-refractivity contribution in [3.05, 3.63) is 11.1 Å². The molecular formula is C9H13N3O2S. The van der Waals surface area contributed by atoms with Crippen molar-refractivity contribution in [2.45, 2.75) is 13.3 Å². The lowest BCUT2D eigenvalue weighted by Crippen LogP contribution is -2.18. The molecule has 0 fully saturated rings. The molecule has 0 atom stereocenters. The predicted molar refractivity (Wildman–Crippen MR) is 59.3 cm³/mol. The van der Waals surface area contributed by atoms with Crippen LogP contribution in [0.1, 0.15) is 23.0 Å². The Bertz CT molecular complexity index is 362. The van der Waals surface area contributed by atoms with Crippen molar-refractivity contribution in [3.63, 3.8) is 0 Å². The number of nitrogens with one attached hydrogen (secondary N) is 2. The van der Waals surface area contributed by atoms with Gasteiger partial charge in [0.05, 0.1) is 11.1 Å². The summed E-state index contributed by atoms with van der Waals surface area (Å²) in [6, 6.07) is 0. The van der Waals surface area contributed by atoms with E-state index in [1.165, 1.54) is 24.5 Å². The first-order valence-electron chi connectivity index (χ1n) is 4.54. The summed E-state index contributed by atoms with van der Waals surface area (Å²) >= 11 is 1.19. The van der Waals surface area contributed by atoms with E-state index >= 15 is 0 Å². The second-order valence-corrected chi connectivity index (χ2v) is 4.02. The lowest BCUT2D eigenvalue weighted by molar-refractivity contribution is -0.116. The van der Waals surface area contributed by atoms with Gasteiger partial charge in [0.1, 0.15) is 0 Å². The molecule has 1 rings (SSSR count). The maximum Gasteiger partial charge on any atom is 0.227 e. The third kappa shape index (κ3) is 3.77. The van der Waals surface area contributed by atoms with Crippen LogP contribution in [0.15, 0.2) is 6.20 Å². The van der Waals surface area contributed by atoms with Gasteiger partial charge in [-0.1, -0.05) is 11.3 Å². The van der Waals surface area contributed by atoms with E-state index in [1.807, 2.05) is 0 Å². The number of amides is 1. The number of thiazole rings is 1. The summed E-state index contributed by atoms with van der Waals surface area (Å²) in [5.74, 6) is -0.142. The van der Waals surface area contributed by atoms with Crippen LogP contribution >= 0.6 is 11.3 Å². The highest BCUT2D eigenvalue weighted by Gasteiger charge is 2.08. The molecule has 1 aromatic rings. The van der Waals surface area contributed by atoms with Gasteiger partial charge >= 0.3 is 0 Å². The number of anilines is 1. The smallest absolute Gasteiger partial charge is 0.227 e. The summed E-state index contributed by atoms with van der Waals surface area (Å²) in [5.41, 5.74) is 0. The zero-order valence-corrected chi connectivity index (χ0v) is 9.48. The fourth-order valence-electron chi connectivity index (χ4n) is 0.915. The fraction of sp³-hybridized carbons (Fsp3) is 0.444. The average molecular weight is 227 g/mol. The number of carbonyl (C=O) groups is 2. The first-order chi connectivity index (χ1) is 7.13. The van der Waals surface area contributed by atoms with E-state index in [0.717, 1.165) is 0 Å². The number of ketones is 1. The van der Waals surface area contributed by atoms with E-state index in [0.29, 0.717) is 23.0 Å². The van der Waals surface area contributed by atoms with E-state index in [2.05, 4.69) is 15.6 Å². The van der Waals surface area contributed by atoms with Crippen LogP contribution in [0.5, 0.6) is 0 Å². The van der Waals surface area contributed by atoms with Crippen LogP contribution in [0.4, 0.5) is 5.13 Å². The van der Waals surface area contributed by atoms with E-state index in [1.54, 1.807) is 7.05 Å². The second kappa shape index (κ2) is 5.57. The molecule has 1 heterocycles. The van der Waals surface area contributed by atoms with Crippen LogP contribution in [0.2, 0.25) is 0 Å². The van der Waals surface area contributed by atoms with E-state index in [4.69, 9.17) is 0 Å². The van der Waals surface area contributed by atoms with Gasteiger partial charge in [-0.15, -0.1) is 0 Å². The quantitative estimate of drug-likeness (QED) is 0.733. The zero-order chi connectivity index (χ0) is 11.3. The number of hydrogen-bond acceptors (Lipinski definition) is 5. The molecule has 0 aromatic carbocycles. The summed E-state index contributed by atoms with van der Waals surface area (Å²) in [4.78, 5) is 26.7. The van der Waals surface area contributed by atoms with Crippen molar-refractivity contribution >= 4 is 28.2 Å². The molecule has 5 nitrogen and oxygen atoms in total. The molecule has 1 amide bonds. The van der Waals surface area contributed by atoms with Crippen LogP contribution in [-0.2, 0) is 4.79 Å². The highest BCUT2D eigenvalue weighted by Crippen LogP contribution is 2.18. The minimum atomic E-state index is -0.103. The maximum absolute atomic E-state index is 11.3. The number of nitrogens with zero attached hydrogens (tertiary/aromatic N) is 1. The Morgan fingerprint density at radius 1 is 1.53 bits per heavy atom. The van der Waals surface area contributed by atoms with Crippen molar-refractivity contribution in [1.82, 2.24) is 10.3 Å². The Balaban J connectivity index is 2.50. The zero-order valence-electron chi connectivity index (χ0n) is 8.66. The summed E-state index contributed by atoms with van der Waals surface area (Å²) in [5, 5.41) is 5.98.